The first-order chi connectivity index (χ1) is 18.7. The molecule has 2 aliphatic heterocycles. The lowest BCUT2D eigenvalue weighted by Crippen LogP contribution is -2.58. The molecule has 0 bridgehead atoms. The number of rotatable bonds is 8. The summed E-state index contributed by atoms with van der Waals surface area (Å²) in [5.41, 5.74) is 2.91. The molecule has 0 saturated carbocycles. The Morgan fingerprint density at radius 1 is 1.03 bits per heavy atom. The number of methoxy groups -OCH3 is 1. The van der Waals surface area contributed by atoms with E-state index in [0.29, 0.717) is 49.2 Å². The number of aliphatic hydroxyl groups excluding tert-OH is 3. The average Bonchev–Trinajstić information content (AvgIpc) is 3.19. The van der Waals surface area contributed by atoms with Crippen LogP contribution < -0.4 is 4.74 Å². The number of allylic oxidation sites excluding steroid dienone is 1. The molecule has 1 aromatic rings. The van der Waals surface area contributed by atoms with Gasteiger partial charge in [-0.15, -0.1) is 0 Å². The molecule has 1 aromatic carbocycles. The largest absolute Gasteiger partial charge is 0.489 e. The van der Waals surface area contributed by atoms with Crippen molar-refractivity contribution >= 4 is 11.8 Å². The first kappa shape index (κ1) is 29.1. The lowest BCUT2D eigenvalue weighted by molar-refractivity contribution is -0.343. The highest BCUT2D eigenvalue weighted by molar-refractivity contribution is 5.94. The van der Waals surface area contributed by atoms with Crippen molar-refractivity contribution < 1.29 is 48.6 Å². The molecule has 0 amide bonds. The van der Waals surface area contributed by atoms with E-state index in [2.05, 4.69) is 12.7 Å². The van der Waals surface area contributed by atoms with Crippen molar-refractivity contribution in [3.05, 3.63) is 65.3 Å². The van der Waals surface area contributed by atoms with Crippen molar-refractivity contribution in [1.29, 1.82) is 0 Å². The van der Waals surface area contributed by atoms with E-state index in [4.69, 9.17) is 23.7 Å². The lowest BCUT2D eigenvalue weighted by atomic mass is 9.88. The van der Waals surface area contributed by atoms with Gasteiger partial charge >= 0.3 is 5.97 Å². The van der Waals surface area contributed by atoms with Gasteiger partial charge in [-0.05, 0) is 74.1 Å². The minimum absolute atomic E-state index is 0.00983. The molecular formula is C29H36O10. The average molecular weight is 545 g/mol. The summed E-state index contributed by atoms with van der Waals surface area (Å²) < 4.78 is 27.9. The molecule has 3 aliphatic rings. The Morgan fingerprint density at radius 2 is 1.74 bits per heavy atom. The molecule has 4 rings (SSSR count). The van der Waals surface area contributed by atoms with E-state index in [-0.39, 0.29) is 18.3 Å². The fourth-order valence-corrected chi connectivity index (χ4v) is 4.89. The fourth-order valence-electron chi connectivity index (χ4n) is 4.89. The zero-order valence-electron chi connectivity index (χ0n) is 22.2. The molecule has 2 saturated heterocycles. The summed E-state index contributed by atoms with van der Waals surface area (Å²) in [4.78, 5) is 23.8. The molecule has 212 valence electrons. The van der Waals surface area contributed by atoms with Gasteiger partial charge in [-0.1, -0.05) is 12.7 Å². The van der Waals surface area contributed by atoms with Crippen LogP contribution >= 0.6 is 0 Å². The number of ether oxygens (including phenoxy) is 5. The Balaban J connectivity index is 1.44. The highest BCUT2D eigenvalue weighted by Crippen LogP contribution is 2.35. The maximum absolute atomic E-state index is 12.3. The number of Topliss-reactive ketones (excluding diaryl/α,β-unsaturated/α-hetero) is 1. The summed E-state index contributed by atoms with van der Waals surface area (Å²) in [7, 11) is 1.31. The summed E-state index contributed by atoms with van der Waals surface area (Å²) in [5.74, 6) is 0.000128. The number of fused-ring (bicyclic) bond motifs is 1. The molecule has 2 fully saturated rings. The number of hydrogen-bond acceptors (Lipinski definition) is 10. The van der Waals surface area contributed by atoms with E-state index in [9.17, 15) is 24.9 Å². The van der Waals surface area contributed by atoms with E-state index in [1.165, 1.54) is 14.0 Å². The highest BCUT2D eigenvalue weighted by atomic mass is 16.8. The molecule has 3 N–H and O–H groups in total. The molecule has 2 heterocycles. The number of hydrogen-bond donors (Lipinski definition) is 3. The van der Waals surface area contributed by atoms with Crippen molar-refractivity contribution in [1.82, 2.24) is 0 Å². The van der Waals surface area contributed by atoms with Gasteiger partial charge in [-0.3, -0.25) is 4.79 Å². The first-order valence-electron chi connectivity index (χ1n) is 13.0. The standard InChI is InChI=1S/C29H36O10/c1-16-22-12-7-18(14-36-21-10-8-20(9-11-21)17(2)30)5-4-6-19(13-23(22)38-27(16)34)15-37-29-26(33)24(31)25(32)28(35-3)39-29/h5,8-11,13,22-26,28-29,31-33H,1,4,6-7,12,14-15H2,2-3H3. The number of ketones is 1. The highest BCUT2D eigenvalue weighted by Gasteiger charge is 2.45. The summed E-state index contributed by atoms with van der Waals surface area (Å²) in [6.45, 7) is 5.85. The van der Waals surface area contributed by atoms with Crippen molar-refractivity contribution in [2.45, 2.75) is 69.6 Å². The summed E-state index contributed by atoms with van der Waals surface area (Å²) in [6.07, 6.45) is -0.729. The Morgan fingerprint density at radius 3 is 2.44 bits per heavy atom. The molecule has 0 spiro atoms. The van der Waals surface area contributed by atoms with Crippen molar-refractivity contribution in [3.63, 3.8) is 0 Å². The zero-order valence-corrected chi connectivity index (χ0v) is 22.2. The molecule has 0 radical (unpaired) electrons. The Labute approximate surface area is 227 Å². The second-order valence-corrected chi connectivity index (χ2v) is 10.0. The third-order valence-corrected chi connectivity index (χ3v) is 7.30. The normalized spacial score (nSPS) is 31.6. The summed E-state index contributed by atoms with van der Waals surface area (Å²) in [5, 5.41) is 30.4. The predicted molar refractivity (Wildman–Crippen MR) is 139 cm³/mol. The van der Waals surface area contributed by atoms with E-state index in [0.717, 1.165) is 11.1 Å². The minimum Gasteiger partial charge on any atom is -0.489 e. The maximum atomic E-state index is 12.3. The second kappa shape index (κ2) is 13.0. The molecule has 7 unspecified atom stereocenters. The Hall–Kier alpha value is -2.86. The molecule has 10 heteroatoms. The lowest BCUT2D eigenvalue weighted by Gasteiger charge is -2.39. The van der Waals surface area contributed by atoms with Gasteiger partial charge in [-0.2, -0.15) is 0 Å². The van der Waals surface area contributed by atoms with Gasteiger partial charge < -0.3 is 39.0 Å². The minimum atomic E-state index is -1.50. The number of aliphatic hydroxyl groups is 3. The van der Waals surface area contributed by atoms with Crippen LogP contribution in [0.25, 0.3) is 0 Å². The zero-order chi connectivity index (χ0) is 28.1. The number of carbonyl (C=O) groups is 2. The topological polar surface area (TPSA) is 141 Å². The molecule has 1 aliphatic carbocycles. The Bertz CT molecular complexity index is 1110. The second-order valence-electron chi connectivity index (χ2n) is 10.0. The molecule has 7 atom stereocenters. The fraction of sp³-hybridized carbons (Fsp3) is 0.517. The van der Waals surface area contributed by atoms with Crippen LogP contribution in [0.1, 0.15) is 43.0 Å². The van der Waals surface area contributed by atoms with Gasteiger partial charge in [0, 0.05) is 24.2 Å². The van der Waals surface area contributed by atoms with Gasteiger partial charge in [0.1, 0.15) is 36.8 Å². The van der Waals surface area contributed by atoms with Crippen LogP contribution in [0.15, 0.2) is 59.7 Å². The van der Waals surface area contributed by atoms with Gasteiger partial charge in [0.15, 0.2) is 18.4 Å². The third kappa shape index (κ3) is 7.02. The van der Waals surface area contributed by atoms with Crippen LogP contribution in [0.4, 0.5) is 0 Å². The summed E-state index contributed by atoms with van der Waals surface area (Å²) >= 11 is 0. The molecule has 39 heavy (non-hydrogen) atoms. The van der Waals surface area contributed by atoms with E-state index >= 15 is 0 Å². The van der Waals surface area contributed by atoms with Crippen molar-refractivity contribution in [2.75, 3.05) is 20.3 Å². The van der Waals surface area contributed by atoms with Crippen LogP contribution in [0, 0.1) is 5.92 Å². The van der Waals surface area contributed by atoms with Crippen LogP contribution in [0.5, 0.6) is 5.75 Å². The quantitative estimate of drug-likeness (QED) is 0.193. The van der Waals surface area contributed by atoms with Crippen LogP contribution in [0.2, 0.25) is 0 Å². The summed E-state index contributed by atoms with van der Waals surface area (Å²) in [6, 6.07) is 6.99. The molecular weight excluding hydrogens is 508 g/mol. The predicted octanol–water partition coefficient (Wildman–Crippen LogP) is 2.22. The van der Waals surface area contributed by atoms with Gasteiger partial charge in [0.25, 0.3) is 0 Å². The van der Waals surface area contributed by atoms with Crippen LogP contribution in [-0.2, 0) is 23.7 Å². The SMILES string of the molecule is C=C1C(=O)OC2C=C(COC3OC(OC)C(O)C(O)C3O)CCC=C(COc3ccc(C(C)=O)cc3)CCC12. The smallest absolute Gasteiger partial charge is 0.334 e. The van der Waals surface area contributed by atoms with Gasteiger partial charge in [0.2, 0.25) is 0 Å². The maximum Gasteiger partial charge on any atom is 0.334 e. The van der Waals surface area contributed by atoms with E-state index in [1.54, 1.807) is 24.3 Å². The molecule has 0 aromatic heterocycles. The van der Waals surface area contributed by atoms with E-state index < -0.39 is 43.0 Å². The monoisotopic (exact) mass is 544 g/mol. The number of benzene rings is 1. The molecule has 10 nitrogen and oxygen atoms in total. The number of carbonyl (C=O) groups excluding carboxylic acids is 2. The van der Waals surface area contributed by atoms with Crippen LogP contribution in [0.3, 0.4) is 0 Å². The van der Waals surface area contributed by atoms with Crippen molar-refractivity contribution in [2.24, 2.45) is 5.92 Å². The van der Waals surface area contributed by atoms with Gasteiger partial charge in [-0.25, -0.2) is 4.79 Å². The third-order valence-electron chi connectivity index (χ3n) is 7.30. The number of esters is 1. The first-order valence-corrected chi connectivity index (χ1v) is 13.0. The van der Waals surface area contributed by atoms with Crippen LogP contribution in [-0.4, -0.2) is 84.4 Å². The van der Waals surface area contributed by atoms with Crippen molar-refractivity contribution in [3.8, 4) is 5.75 Å². The van der Waals surface area contributed by atoms with Gasteiger partial charge in [0.05, 0.1) is 6.61 Å². The van der Waals surface area contributed by atoms with E-state index in [1.807, 2.05) is 6.08 Å². The Kier molecular flexibility index (Phi) is 9.71.